The molecule has 114 valence electrons. The van der Waals surface area contributed by atoms with Crippen molar-refractivity contribution in [2.75, 3.05) is 6.61 Å². The van der Waals surface area contributed by atoms with Gasteiger partial charge in [0.25, 0.3) is 0 Å². The Bertz CT molecular complexity index is 785. The first-order valence-electron chi connectivity index (χ1n) is 6.76. The number of carbonyl (C=O) groups excluding carboxylic acids is 1. The van der Waals surface area contributed by atoms with Crippen molar-refractivity contribution in [1.29, 1.82) is 5.26 Å². The lowest BCUT2D eigenvalue weighted by Crippen LogP contribution is -2.09. The molecular formula is C18H13NO4. The second-order valence-corrected chi connectivity index (χ2v) is 4.64. The number of aliphatic carboxylic acids is 1. The van der Waals surface area contributed by atoms with Crippen molar-refractivity contribution in [2.24, 2.45) is 0 Å². The van der Waals surface area contributed by atoms with Crippen molar-refractivity contribution in [1.82, 2.24) is 0 Å². The Morgan fingerprint density at radius 3 is 2.57 bits per heavy atom. The summed E-state index contributed by atoms with van der Waals surface area (Å²) in [6.07, 6.45) is 3.06. The number of rotatable bonds is 6. The Morgan fingerprint density at radius 1 is 1.17 bits per heavy atom. The van der Waals surface area contributed by atoms with Crippen LogP contribution in [0.2, 0.25) is 0 Å². The first-order chi connectivity index (χ1) is 11.1. The van der Waals surface area contributed by atoms with E-state index < -0.39 is 12.6 Å². The van der Waals surface area contributed by atoms with Gasteiger partial charge >= 0.3 is 5.97 Å². The molecule has 2 rings (SSSR count). The standard InChI is InChI=1S/C18H13NO4/c19-11-14-3-1-2-13(10-14)4-9-17(20)15-5-7-16(8-6-15)23-12-18(21)22/h1-10H,12H2,(H,21,22). The van der Waals surface area contributed by atoms with Crippen molar-refractivity contribution >= 4 is 17.8 Å². The predicted molar refractivity (Wildman–Crippen MR) is 84.1 cm³/mol. The fourth-order valence-electron chi connectivity index (χ4n) is 1.84. The van der Waals surface area contributed by atoms with Gasteiger partial charge in [0, 0.05) is 5.56 Å². The molecule has 5 heteroatoms. The average Bonchev–Trinajstić information content (AvgIpc) is 2.58. The van der Waals surface area contributed by atoms with Crippen LogP contribution in [-0.2, 0) is 4.79 Å². The fraction of sp³-hybridized carbons (Fsp3) is 0.0556. The highest BCUT2D eigenvalue weighted by Crippen LogP contribution is 2.14. The number of ketones is 1. The minimum absolute atomic E-state index is 0.197. The van der Waals surface area contributed by atoms with E-state index >= 15 is 0 Å². The predicted octanol–water partition coefficient (Wildman–Crippen LogP) is 2.92. The highest BCUT2D eigenvalue weighted by molar-refractivity contribution is 6.06. The zero-order valence-electron chi connectivity index (χ0n) is 12.1. The maximum Gasteiger partial charge on any atom is 0.341 e. The van der Waals surface area contributed by atoms with Crippen LogP contribution in [0.25, 0.3) is 6.08 Å². The summed E-state index contributed by atoms with van der Waals surface area (Å²) in [5.41, 5.74) is 1.75. The highest BCUT2D eigenvalue weighted by Gasteiger charge is 2.04. The molecule has 2 aromatic rings. The Balaban J connectivity index is 2.04. The minimum Gasteiger partial charge on any atom is -0.482 e. The van der Waals surface area contributed by atoms with Gasteiger partial charge < -0.3 is 9.84 Å². The molecule has 0 radical (unpaired) electrons. The van der Waals surface area contributed by atoms with E-state index in [1.807, 2.05) is 6.07 Å². The molecule has 0 aliphatic carbocycles. The smallest absolute Gasteiger partial charge is 0.341 e. The molecule has 23 heavy (non-hydrogen) atoms. The van der Waals surface area contributed by atoms with Gasteiger partial charge in [-0.1, -0.05) is 18.2 Å². The van der Waals surface area contributed by atoms with Crippen LogP contribution in [0.4, 0.5) is 0 Å². The number of allylic oxidation sites excluding steroid dienone is 1. The number of carbonyl (C=O) groups is 2. The third-order valence-corrected chi connectivity index (χ3v) is 2.94. The SMILES string of the molecule is N#Cc1cccc(C=CC(=O)c2ccc(OCC(=O)O)cc2)c1. The molecule has 0 saturated carbocycles. The van der Waals surface area contributed by atoms with E-state index in [-0.39, 0.29) is 5.78 Å². The van der Waals surface area contributed by atoms with Gasteiger partial charge in [0.2, 0.25) is 0 Å². The highest BCUT2D eigenvalue weighted by atomic mass is 16.5. The van der Waals surface area contributed by atoms with Gasteiger partial charge in [-0.2, -0.15) is 5.26 Å². The second kappa shape index (κ2) is 7.57. The molecule has 2 aromatic carbocycles. The lowest BCUT2D eigenvalue weighted by molar-refractivity contribution is -0.139. The van der Waals surface area contributed by atoms with Gasteiger partial charge in [-0.3, -0.25) is 4.79 Å². The summed E-state index contributed by atoms with van der Waals surface area (Å²) in [7, 11) is 0. The number of nitrogens with zero attached hydrogens (tertiary/aromatic N) is 1. The molecule has 0 amide bonds. The molecular weight excluding hydrogens is 294 g/mol. The van der Waals surface area contributed by atoms with E-state index in [4.69, 9.17) is 15.1 Å². The maximum absolute atomic E-state index is 12.1. The monoisotopic (exact) mass is 307 g/mol. The van der Waals surface area contributed by atoms with Gasteiger partial charge in [0.05, 0.1) is 11.6 Å². The first kappa shape index (κ1) is 16.0. The summed E-state index contributed by atoms with van der Waals surface area (Å²) in [5, 5.41) is 17.4. The van der Waals surface area contributed by atoms with Crippen molar-refractivity contribution in [3.05, 3.63) is 71.3 Å². The molecule has 0 aliphatic rings. The second-order valence-electron chi connectivity index (χ2n) is 4.64. The van der Waals surface area contributed by atoms with E-state index in [0.717, 1.165) is 5.56 Å². The third kappa shape index (κ3) is 4.83. The molecule has 0 heterocycles. The van der Waals surface area contributed by atoms with Gasteiger partial charge in [0.1, 0.15) is 5.75 Å². The number of carboxylic acid groups (broad SMARTS) is 1. The first-order valence-corrected chi connectivity index (χ1v) is 6.76. The normalized spacial score (nSPS) is 10.2. The zero-order chi connectivity index (χ0) is 16.7. The molecule has 0 fully saturated rings. The van der Waals surface area contributed by atoms with Crippen LogP contribution in [0, 0.1) is 11.3 Å². The van der Waals surface area contributed by atoms with Gasteiger partial charge in [0.15, 0.2) is 12.4 Å². The number of carboxylic acids is 1. The Hall–Kier alpha value is -3.39. The van der Waals surface area contributed by atoms with Gasteiger partial charge in [-0.05, 0) is 48.0 Å². The van der Waals surface area contributed by atoms with Crippen molar-refractivity contribution < 1.29 is 19.4 Å². The van der Waals surface area contributed by atoms with Crippen molar-refractivity contribution in [3.8, 4) is 11.8 Å². The van der Waals surface area contributed by atoms with Crippen molar-refractivity contribution in [2.45, 2.75) is 0 Å². The zero-order valence-corrected chi connectivity index (χ0v) is 12.1. The summed E-state index contributed by atoms with van der Waals surface area (Å²) in [6, 6.07) is 15.2. The van der Waals surface area contributed by atoms with Crippen LogP contribution in [0.15, 0.2) is 54.6 Å². The number of hydrogen-bond acceptors (Lipinski definition) is 4. The van der Waals surface area contributed by atoms with E-state index in [1.54, 1.807) is 54.6 Å². The minimum atomic E-state index is -1.06. The van der Waals surface area contributed by atoms with Crippen LogP contribution in [0.5, 0.6) is 5.75 Å². The van der Waals surface area contributed by atoms with E-state index in [0.29, 0.717) is 16.9 Å². The number of benzene rings is 2. The topological polar surface area (TPSA) is 87.4 Å². The Morgan fingerprint density at radius 2 is 1.91 bits per heavy atom. The largest absolute Gasteiger partial charge is 0.482 e. The molecule has 0 spiro atoms. The maximum atomic E-state index is 12.1. The molecule has 0 bridgehead atoms. The lowest BCUT2D eigenvalue weighted by Gasteiger charge is -2.03. The van der Waals surface area contributed by atoms with E-state index in [9.17, 15) is 9.59 Å². The molecule has 0 unspecified atom stereocenters. The van der Waals surface area contributed by atoms with Crippen LogP contribution in [0.1, 0.15) is 21.5 Å². The fourth-order valence-corrected chi connectivity index (χ4v) is 1.84. The van der Waals surface area contributed by atoms with Crippen molar-refractivity contribution in [3.63, 3.8) is 0 Å². The van der Waals surface area contributed by atoms with Crippen LogP contribution >= 0.6 is 0 Å². The molecule has 0 aliphatic heterocycles. The van der Waals surface area contributed by atoms with Gasteiger partial charge in [-0.25, -0.2) is 4.79 Å². The van der Waals surface area contributed by atoms with E-state index in [2.05, 4.69) is 0 Å². The number of ether oxygens (including phenoxy) is 1. The molecule has 1 N–H and O–H groups in total. The average molecular weight is 307 g/mol. The van der Waals surface area contributed by atoms with Gasteiger partial charge in [-0.15, -0.1) is 0 Å². The summed E-state index contributed by atoms with van der Waals surface area (Å²) in [5.74, 6) is -0.875. The lowest BCUT2D eigenvalue weighted by atomic mass is 10.1. The summed E-state index contributed by atoms with van der Waals surface area (Å²) in [6.45, 7) is -0.428. The van der Waals surface area contributed by atoms with Crippen LogP contribution in [0.3, 0.4) is 0 Å². The van der Waals surface area contributed by atoms with Crippen LogP contribution in [-0.4, -0.2) is 23.5 Å². The quantitative estimate of drug-likeness (QED) is 0.655. The number of nitriles is 1. The molecule has 0 atom stereocenters. The Labute approximate surface area is 133 Å². The molecule has 0 saturated heterocycles. The summed E-state index contributed by atoms with van der Waals surface area (Å²) < 4.78 is 5.00. The molecule has 0 aromatic heterocycles. The number of hydrogen-bond donors (Lipinski definition) is 1. The molecule has 5 nitrogen and oxygen atoms in total. The summed E-state index contributed by atoms with van der Waals surface area (Å²) in [4.78, 5) is 22.5. The Kier molecular flexibility index (Phi) is 5.26. The third-order valence-electron chi connectivity index (χ3n) is 2.94. The van der Waals surface area contributed by atoms with E-state index in [1.165, 1.54) is 6.08 Å². The van der Waals surface area contributed by atoms with Crippen LogP contribution < -0.4 is 4.74 Å². The summed E-state index contributed by atoms with van der Waals surface area (Å²) >= 11 is 0.